The minimum absolute atomic E-state index is 0.614. The first-order valence-electron chi connectivity index (χ1n) is 7.10. The molecule has 0 fully saturated rings. The van der Waals surface area contributed by atoms with E-state index in [9.17, 15) is 5.11 Å². The van der Waals surface area contributed by atoms with Crippen LogP contribution in [0.25, 0.3) is 0 Å². The molecule has 1 atom stereocenters. The van der Waals surface area contributed by atoms with Gasteiger partial charge in [-0.1, -0.05) is 35.9 Å². The third kappa shape index (κ3) is 3.76. The Labute approximate surface area is 126 Å². The highest BCUT2D eigenvalue weighted by atomic mass is 16.5. The standard InChI is InChI=1S/C18H22O3/c1-13-6-4-7-14(12-13)10-11-15(19)18-16(20-2)8-5-9-17(18)21-3/h4-9,12,15,19H,10-11H2,1-3H3. The lowest BCUT2D eigenvalue weighted by Crippen LogP contribution is -2.05. The van der Waals surface area contributed by atoms with Crippen molar-refractivity contribution in [3.8, 4) is 11.5 Å². The maximum Gasteiger partial charge on any atom is 0.128 e. The molecule has 0 saturated carbocycles. The highest BCUT2D eigenvalue weighted by Gasteiger charge is 2.18. The maximum atomic E-state index is 10.5. The Bertz CT molecular complexity index is 571. The molecule has 2 aromatic carbocycles. The van der Waals surface area contributed by atoms with Gasteiger partial charge in [-0.2, -0.15) is 0 Å². The van der Waals surface area contributed by atoms with E-state index in [-0.39, 0.29) is 0 Å². The second kappa shape index (κ2) is 7.14. The quantitative estimate of drug-likeness (QED) is 0.880. The predicted molar refractivity (Wildman–Crippen MR) is 84.0 cm³/mol. The number of ether oxygens (including phenoxy) is 2. The number of benzene rings is 2. The third-order valence-corrected chi connectivity index (χ3v) is 3.59. The van der Waals surface area contributed by atoms with Crippen molar-refractivity contribution in [3.05, 3.63) is 59.2 Å². The summed E-state index contributed by atoms with van der Waals surface area (Å²) in [4.78, 5) is 0. The molecule has 0 aliphatic rings. The summed E-state index contributed by atoms with van der Waals surface area (Å²) >= 11 is 0. The van der Waals surface area contributed by atoms with Crippen LogP contribution in [-0.2, 0) is 6.42 Å². The lowest BCUT2D eigenvalue weighted by Gasteiger charge is -2.18. The van der Waals surface area contributed by atoms with E-state index in [0.29, 0.717) is 17.9 Å². The van der Waals surface area contributed by atoms with Gasteiger partial charge in [0.25, 0.3) is 0 Å². The van der Waals surface area contributed by atoms with Crippen LogP contribution in [0.5, 0.6) is 11.5 Å². The molecule has 2 rings (SSSR count). The number of methoxy groups -OCH3 is 2. The van der Waals surface area contributed by atoms with Crippen molar-refractivity contribution >= 4 is 0 Å². The first-order chi connectivity index (χ1) is 10.2. The van der Waals surface area contributed by atoms with Gasteiger partial charge >= 0.3 is 0 Å². The molecule has 112 valence electrons. The summed E-state index contributed by atoms with van der Waals surface area (Å²) in [6.07, 6.45) is 0.821. The molecule has 3 heteroatoms. The lowest BCUT2D eigenvalue weighted by molar-refractivity contribution is 0.159. The first-order valence-corrected chi connectivity index (χ1v) is 7.10. The van der Waals surface area contributed by atoms with Crippen LogP contribution >= 0.6 is 0 Å². The minimum atomic E-state index is -0.614. The molecule has 0 aromatic heterocycles. The zero-order chi connectivity index (χ0) is 15.2. The Morgan fingerprint density at radius 3 is 2.19 bits per heavy atom. The summed E-state index contributed by atoms with van der Waals surface area (Å²) in [7, 11) is 3.21. The number of aliphatic hydroxyl groups is 1. The van der Waals surface area contributed by atoms with Gasteiger partial charge in [-0.05, 0) is 37.5 Å². The second-order valence-corrected chi connectivity index (χ2v) is 5.12. The van der Waals surface area contributed by atoms with E-state index < -0.39 is 6.10 Å². The fourth-order valence-corrected chi connectivity index (χ4v) is 2.52. The molecule has 0 aliphatic carbocycles. The minimum Gasteiger partial charge on any atom is -0.496 e. The first kappa shape index (κ1) is 15.4. The van der Waals surface area contributed by atoms with Crippen molar-refractivity contribution in [1.29, 1.82) is 0 Å². The molecule has 0 radical (unpaired) electrons. The zero-order valence-corrected chi connectivity index (χ0v) is 12.8. The second-order valence-electron chi connectivity index (χ2n) is 5.12. The zero-order valence-electron chi connectivity index (χ0n) is 12.8. The van der Waals surface area contributed by atoms with E-state index in [1.54, 1.807) is 14.2 Å². The van der Waals surface area contributed by atoms with Crippen LogP contribution < -0.4 is 9.47 Å². The van der Waals surface area contributed by atoms with Crippen LogP contribution in [0.2, 0.25) is 0 Å². The molecule has 0 spiro atoms. The van der Waals surface area contributed by atoms with E-state index in [0.717, 1.165) is 12.0 Å². The molecule has 3 nitrogen and oxygen atoms in total. The highest BCUT2D eigenvalue weighted by molar-refractivity contribution is 5.46. The number of aryl methyl sites for hydroxylation is 2. The van der Waals surface area contributed by atoms with Crippen LogP contribution in [0, 0.1) is 6.92 Å². The summed E-state index contributed by atoms with van der Waals surface area (Å²) in [6, 6.07) is 13.9. The summed E-state index contributed by atoms with van der Waals surface area (Å²) < 4.78 is 10.7. The Morgan fingerprint density at radius 1 is 1.00 bits per heavy atom. The lowest BCUT2D eigenvalue weighted by atomic mass is 9.99. The summed E-state index contributed by atoms with van der Waals surface area (Å²) in [6.45, 7) is 2.07. The molecule has 0 amide bonds. The van der Waals surface area contributed by atoms with Gasteiger partial charge < -0.3 is 14.6 Å². The number of hydrogen-bond acceptors (Lipinski definition) is 3. The molecule has 1 unspecified atom stereocenters. The number of hydrogen-bond donors (Lipinski definition) is 1. The van der Waals surface area contributed by atoms with E-state index in [4.69, 9.17) is 9.47 Å². The molecular weight excluding hydrogens is 264 g/mol. The topological polar surface area (TPSA) is 38.7 Å². The summed E-state index contributed by atoms with van der Waals surface area (Å²) in [5, 5.41) is 10.5. The van der Waals surface area contributed by atoms with Crippen LogP contribution in [0.1, 0.15) is 29.2 Å². The van der Waals surface area contributed by atoms with Gasteiger partial charge in [0.15, 0.2) is 0 Å². The van der Waals surface area contributed by atoms with Gasteiger partial charge in [0.1, 0.15) is 11.5 Å². The molecule has 0 aliphatic heterocycles. The van der Waals surface area contributed by atoms with Crippen LogP contribution in [0.4, 0.5) is 0 Å². The smallest absolute Gasteiger partial charge is 0.128 e. The van der Waals surface area contributed by atoms with Crippen molar-refractivity contribution < 1.29 is 14.6 Å². The van der Waals surface area contributed by atoms with E-state index >= 15 is 0 Å². The van der Waals surface area contributed by atoms with Crippen LogP contribution in [0.3, 0.4) is 0 Å². The van der Waals surface area contributed by atoms with Crippen LogP contribution in [-0.4, -0.2) is 19.3 Å². The molecule has 0 bridgehead atoms. The Hall–Kier alpha value is -2.00. The maximum absolute atomic E-state index is 10.5. The highest BCUT2D eigenvalue weighted by Crippen LogP contribution is 2.35. The fraction of sp³-hybridized carbons (Fsp3) is 0.333. The van der Waals surface area contributed by atoms with Crippen molar-refractivity contribution in [3.63, 3.8) is 0 Å². The van der Waals surface area contributed by atoms with Gasteiger partial charge in [0.05, 0.1) is 25.9 Å². The van der Waals surface area contributed by atoms with Crippen LogP contribution in [0.15, 0.2) is 42.5 Å². The predicted octanol–water partition coefficient (Wildman–Crippen LogP) is 3.68. The average Bonchev–Trinajstić information content (AvgIpc) is 2.51. The van der Waals surface area contributed by atoms with Crippen molar-refractivity contribution in [1.82, 2.24) is 0 Å². The van der Waals surface area contributed by atoms with Gasteiger partial charge in [-0.25, -0.2) is 0 Å². The van der Waals surface area contributed by atoms with Gasteiger partial charge in [-0.15, -0.1) is 0 Å². The van der Waals surface area contributed by atoms with E-state index in [2.05, 4.69) is 25.1 Å². The molecule has 2 aromatic rings. The number of aliphatic hydroxyl groups excluding tert-OH is 1. The van der Waals surface area contributed by atoms with E-state index in [1.165, 1.54) is 11.1 Å². The molecule has 21 heavy (non-hydrogen) atoms. The monoisotopic (exact) mass is 286 g/mol. The Kier molecular flexibility index (Phi) is 5.23. The average molecular weight is 286 g/mol. The fourth-order valence-electron chi connectivity index (χ4n) is 2.52. The third-order valence-electron chi connectivity index (χ3n) is 3.59. The number of rotatable bonds is 6. The normalized spacial score (nSPS) is 12.0. The van der Waals surface area contributed by atoms with Crippen molar-refractivity contribution in [2.75, 3.05) is 14.2 Å². The largest absolute Gasteiger partial charge is 0.496 e. The van der Waals surface area contributed by atoms with E-state index in [1.807, 2.05) is 24.3 Å². The van der Waals surface area contributed by atoms with Crippen molar-refractivity contribution in [2.24, 2.45) is 0 Å². The van der Waals surface area contributed by atoms with Gasteiger partial charge in [0.2, 0.25) is 0 Å². The molecule has 0 saturated heterocycles. The Balaban J connectivity index is 2.15. The summed E-state index contributed by atoms with van der Waals surface area (Å²) in [5.74, 6) is 1.32. The van der Waals surface area contributed by atoms with Gasteiger partial charge in [0, 0.05) is 0 Å². The molecule has 1 N–H and O–H groups in total. The van der Waals surface area contributed by atoms with Crippen molar-refractivity contribution in [2.45, 2.75) is 25.9 Å². The molecule has 0 heterocycles. The Morgan fingerprint density at radius 2 is 1.62 bits per heavy atom. The van der Waals surface area contributed by atoms with Gasteiger partial charge in [-0.3, -0.25) is 0 Å². The summed E-state index contributed by atoms with van der Waals surface area (Å²) in [5.41, 5.74) is 3.18. The SMILES string of the molecule is COc1cccc(OC)c1C(O)CCc1cccc(C)c1. The molecular formula is C18H22O3.